The van der Waals surface area contributed by atoms with E-state index in [4.69, 9.17) is 4.42 Å². The van der Waals surface area contributed by atoms with Crippen LogP contribution in [0.25, 0.3) is 11.5 Å². The maximum atomic E-state index is 12.7. The van der Waals surface area contributed by atoms with E-state index in [0.29, 0.717) is 30.5 Å². The van der Waals surface area contributed by atoms with E-state index in [-0.39, 0.29) is 11.8 Å². The van der Waals surface area contributed by atoms with Gasteiger partial charge < -0.3 is 14.6 Å². The van der Waals surface area contributed by atoms with Gasteiger partial charge in [-0.25, -0.2) is 4.98 Å². The highest BCUT2D eigenvalue weighted by molar-refractivity contribution is 7.08. The van der Waals surface area contributed by atoms with Crippen molar-refractivity contribution in [3.05, 3.63) is 64.2 Å². The van der Waals surface area contributed by atoms with E-state index >= 15 is 0 Å². The molecule has 1 aliphatic heterocycles. The number of hydrogen-bond acceptors (Lipinski definition) is 5. The number of carbonyl (C=O) groups is 2. The van der Waals surface area contributed by atoms with Gasteiger partial charge in [0, 0.05) is 25.2 Å². The van der Waals surface area contributed by atoms with Crippen LogP contribution in [0.1, 0.15) is 41.4 Å². The quantitative estimate of drug-likeness (QED) is 0.647. The van der Waals surface area contributed by atoms with Gasteiger partial charge in [0.2, 0.25) is 11.8 Å². The van der Waals surface area contributed by atoms with Crippen molar-refractivity contribution in [3.8, 4) is 11.5 Å². The van der Waals surface area contributed by atoms with E-state index in [2.05, 4.69) is 17.2 Å². The normalized spacial score (nSPS) is 16.4. The standard InChI is InChI=1S/C23H25N3O3S/c1-16-3-2-9-26(13-16)23(28)20-14-29-22(25-20)19-6-4-17(5-7-19)12-24-21(27)11-18-8-10-30-15-18/h4-8,10,14-16H,2-3,9,11-13H2,1H3,(H,24,27). The number of hydrogen-bond donors (Lipinski definition) is 1. The number of piperidine rings is 1. The number of nitrogens with one attached hydrogen (secondary N) is 1. The van der Waals surface area contributed by atoms with Gasteiger partial charge >= 0.3 is 0 Å². The second-order valence-corrected chi connectivity index (χ2v) is 8.60. The Bertz CT molecular complexity index is 995. The van der Waals surface area contributed by atoms with Crippen molar-refractivity contribution in [2.75, 3.05) is 13.1 Å². The van der Waals surface area contributed by atoms with E-state index in [1.807, 2.05) is 46.0 Å². The molecule has 0 spiro atoms. The Balaban J connectivity index is 1.34. The molecule has 1 unspecified atom stereocenters. The fourth-order valence-corrected chi connectivity index (χ4v) is 4.32. The Labute approximate surface area is 179 Å². The fourth-order valence-electron chi connectivity index (χ4n) is 3.65. The van der Waals surface area contributed by atoms with Gasteiger partial charge in [-0.3, -0.25) is 9.59 Å². The molecule has 6 nitrogen and oxygen atoms in total. The molecule has 0 saturated carbocycles. The van der Waals surface area contributed by atoms with E-state index in [0.717, 1.165) is 42.6 Å². The number of oxazole rings is 1. The minimum absolute atomic E-state index is 0.000336. The molecule has 1 atom stereocenters. The molecule has 156 valence electrons. The van der Waals surface area contributed by atoms with Crippen molar-refractivity contribution in [2.45, 2.75) is 32.7 Å². The summed E-state index contributed by atoms with van der Waals surface area (Å²) in [5.41, 5.74) is 3.17. The second-order valence-electron chi connectivity index (χ2n) is 7.82. The van der Waals surface area contributed by atoms with Gasteiger partial charge in [-0.2, -0.15) is 11.3 Å². The number of amides is 2. The predicted octanol–water partition coefficient (Wildman–Crippen LogP) is 4.13. The number of thiophene rings is 1. The maximum Gasteiger partial charge on any atom is 0.275 e. The average Bonchev–Trinajstić information content (AvgIpc) is 3.44. The first kappa shape index (κ1) is 20.3. The lowest BCUT2D eigenvalue weighted by atomic mass is 10.0. The topological polar surface area (TPSA) is 75.4 Å². The molecular weight excluding hydrogens is 398 g/mol. The molecule has 2 aromatic heterocycles. The van der Waals surface area contributed by atoms with Gasteiger partial charge in [0.15, 0.2) is 5.69 Å². The molecule has 1 aromatic carbocycles. The zero-order valence-electron chi connectivity index (χ0n) is 17.0. The lowest BCUT2D eigenvalue weighted by molar-refractivity contribution is -0.120. The first-order valence-corrected chi connectivity index (χ1v) is 11.1. The fraction of sp³-hybridized carbons (Fsp3) is 0.348. The molecule has 0 radical (unpaired) electrons. The van der Waals surface area contributed by atoms with Gasteiger partial charge in [-0.15, -0.1) is 0 Å². The van der Waals surface area contributed by atoms with Crippen molar-refractivity contribution in [2.24, 2.45) is 5.92 Å². The molecule has 2 amide bonds. The van der Waals surface area contributed by atoms with Crippen LogP contribution in [0, 0.1) is 5.92 Å². The Kier molecular flexibility index (Phi) is 6.28. The van der Waals surface area contributed by atoms with E-state index in [9.17, 15) is 9.59 Å². The first-order chi connectivity index (χ1) is 14.6. The minimum atomic E-state index is -0.0681. The number of likely N-dealkylation sites (tertiary alicyclic amines) is 1. The minimum Gasteiger partial charge on any atom is -0.444 e. The molecule has 0 aliphatic carbocycles. The molecule has 7 heteroatoms. The van der Waals surface area contributed by atoms with E-state index in [1.54, 1.807) is 11.3 Å². The van der Waals surface area contributed by atoms with Gasteiger partial charge in [-0.1, -0.05) is 19.1 Å². The summed E-state index contributed by atoms with van der Waals surface area (Å²) >= 11 is 1.59. The summed E-state index contributed by atoms with van der Waals surface area (Å²) in [6, 6.07) is 9.60. The summed E-state index contributed by atoms with van der Waals surface area (Å²) in [6.07, 6.45) is 4.03. The van der Waals surface area contributed by atoms with Crippen molar-refractivity contribution in [1.82, 2.24) is 15.2 Å². The number of aromatic nitrogens is 1. The number of rotatable bonds is 6. The van der Waals surface area contributed by atoms with Gasteiger partial charge in [0.1, 0.15) is 6.26 Å². The average molecular weight is 424 g/mol. The molecule has 4 rings (SSSR count). The molecule has 1 fully saturated rings. The van der Waals surface area contributed by atoms with E-state index in [1.165, 1.54) is 6.26 Å². The highest BCUT2D eigenvalue weighted by Crippen LogP contribution is 2.22. The Morgan fingerprint density at radius 3 is 2.80 bits per heavy atom. The molecule has 0 bridgehead atoms. The third kappa shape index (κ3) is 4.97. The van der Waals surface area contributed by atoms with Gasteiger partial charge in [0.05, 0.1) is 6.42 Å². The van der Waals surface area contributed by atoms with Crippen LogP contribution in [-0.2, 0) is 17.8 Å². The molecule has 1 saturated heterocycles. The Morgan fingerprint density at radius 2 is 2.07 bits per heavy atom. The molecule has 30 heavy (non-hydrogen) atoms. The summed E-state index contributed by atoms with van der Waals surface area (Å²) in [5, 5.41) is 6.88. The zero-order valence-corrected chi connectivity index (χ0v) is 17.8. The highest BCUT2D eigenvalue weighted by atomic mass is 32.1. The summed E-state index contributed by atoms with van der Waals surface area (Å²) in [6.45, 7) is 4.18. The van der Waals surface area contributed by atoms with E-state index < -0.39 is 0 Å². The Morgan fingerprint density at radius 1 is 1.23 bits per heavy atom. The van der Waals surface area contributed by atoms with Crippen LogP contribution in [0.5, 0.6) is 0 Å². The first-order valence-electron chi connectivity index (χ1n) is 10.2. The molecule has 1 aliphatic rings. The molecule has 1 N–H and O–H groups in total. The monoisotopic (exact) mass is 423 g/mol. The predicted molar refractivity (Wildman–Crippen MR) is 116 cm³/mol. The molecule has 3 aromatic rings. The SMILES string of the molecule is CC1CCCN(C(=O)c2coc(-c3ccc(CNC(=O)Cc4ccsc4)cc3)n2)C1. The second kappa shape index (κ2) is 9.26. The lowest BCUT2D eigenvalue weighted by Gasteiger charge is -2.30. The van der Waals surface area contributed by atoms with Crippen molar-refractivity contribution in [1.29, 1.82) is 0 Å². The number of nitrogens with zero attached hydrogens (tertiary/aromatic N) is 2. The number of carbonyl (C=O) groups excluding carboxylic acids is 2. The maximum absolute atomic E-state index is 12.7. The molecular formula is C23H25N3O3S. The summed E-state index contributed by atoms with van der Waals surface area (Å²) in [5.74, 6) is 0.880. The summed E-state index contributed by atoms with van der Waals surface area (Å²) < 4.78 is 5.56. The van der Waals surface area contributed by atoms with Crippen molar-refractivity contribution < 1.29 is 14.0 Å². The van der Waals surface area contributed by atoms with Crippen LogP contribution in [0.3, 0.4) is 0 Å². The third-order valence-electron chi connectivity index (χ3n) is 5.30. The van der Waals surface area contributed by atoms with Crippen LogP contribution < -0.4 is 5.32 Å². The van der Waals surface area contributed by atoms with Crippen molar-refractivity contribution >= 4 is 23.2 Å². The van der Waals surface area contributed by atoms with Gasteiger partial charge in [-0.05, 0) is 58.8 Å². The number of benzene rings is 1. The van der Waals surface area contributed by atoms with Crippen LogP contribution in [0.2, 0.25) is 0 Å². The van der Waals surface area contributed by atoms with Crippen LogP contribution in [0.15, 0.2) is 51.8 Å². The van der Waals surface area contributed by atoms with Crippen LogP contribution in [-0.4, -0.2) is 34.8 Å². The van der Waals surface area contributed by atoms with Crippen LogP contribution in [0.4, 0.5) is 0 Å². The third-order valence-corrected chi connectivity index (χ3v) is 6.03. The largest absolute Gasteiger partial charge is 0.444 e. The highest BCUT2D eigenvalue weighted by Gasteiger charge is 2.24. The Hall–Kier alpha value is -2.93. The smallest absolute Gasteiger partial charge is 0.275 e. The van der Waals surface area contributed by atoms with Crippen LogP contribution >= 0.6 is 11.3 Å². The van der Waals surface area contributed by atoms with Gasteiger partial charge in [0.25, 0.3) is 5.91 Å². The lowest BCUT2D eigenvalue weighted by Crippen LogP contribution is -2.39. The summed E-state index contributed by atoms with van der Waals surface area (Å²) in [4.78, 5) is 31.0. The zero-order chi connectivity index (χ0) is 20.9. The van der Waals surface area contributed by atoms with Crippen molar-refractivity contribution in [3.63, 3.8) is 0 Å². The molecule has 3 heterocycles. The summed E-state index contributed by atoms with van der Waals surface area (Å²) in [7, 11) is 0.